The van der Waals surface area contributed by atoms with Gasteiger partial charge in [0.15, 0.2) is 0 Å². The third kappa shape index (κ3) is 5.28. The van der Waals surface area contributed by atoms with E-state index in [1.807, 2.05) is 45.9 Å². The van der Waals surface area contributed by atoms with E-state index >= 15 is 0 Å². The van der Waals surface area contributed by atoms with Crippen LogP contribution in [0.25, 0.3) is 6.08 Å². The van der Waals surface area contributed by atoms with Crippen molar-refractivity contribution in [3.05, 3.63) is 65.2 Å². The molecule has 0 aromatic heterocycles. The molecule has 0 atom stereocenters. The number of carbonyl (C=O) groups excluding carboxylic acids is 1. The number of sulfonamides is 1. The predicted octanol–water partition coefficient (Wildman–Crippen LogP) is 3.99. The fraction of sp³-hybridized carbons (Fsp3) is 0.286. The molecule has 0 saturated heterocycles. The zero-order chi connectivity index (χ0) is 20.0. The van der Waals surface area contributed by atoms with Crippen LogP contribution in [0.2, 0.25) is 0 Å². The van der Waals surface area contributed by atoms with Crippen LogP contribution in [-0.4, -0.2) is 31.7 Å². The average molecular weight is 387 g/mol. The van der Waals surface area contributed by atoms with E-state index in [1.54, 1.807) is 30.3 Å². The van der Waals surface area contributed by atoms with Crippen molar-refractivity contribution in [3.63, 3.8) is 0 Å². The van der Waals surface area contributed by atoms with Crippen LogP contribution in [0.15, 0.2) is 53.4 Å². The molecule has 0 heterocycles. The van der Waals surface area contributed by atoms with Gasteiger partial charge in [0, 0.05) is 24.9 Å². The highest BCUT2D eigenvalue weighted by Gasteiger charge is 2.20. The highest BCUT2D eigenvalue weighted by molar-refractivity contribution is 7.89. The summed E-state index contributed by atoms with van der Waals surface area (Å²) in [6.07, 6.45) is 3.10. The Morgan fingerprint density at radius 1 is 1.04 bits per heavy atom. The smallest absolute Gasteiger partial charge is 0.248 e. The Bertz CT molecular complexity index is 928. The van der Waals surface area contributed by atoms with E-state index in [4.69, 9.17) is 0 Å². The molecule has 0 aliphatic rings. The molecule has 0 aliphatic heterocycles. The third-order valence-corrected chi connectivity index (χ3v) is 6.35. The molecule has 1 amide bonds. The van der Waals surface area contributed by atoms with Crippen LogP contribution in [0.3, 0.4) is 0 Å². The lowest BCUT2D eigenvalue weighted by Gasteiger charge is -2.18. The largest absolute Gasteiger partial charge is 0.322 e. The second-order valence-electron chi connectivity index (χ2n) is 6.30. The summed E-state index contributed by atoms with van der Waals surface area (Å²) in [5, 5.41) is 2.85. The van der Waals surface area contributed by atoms with Crippen LogP contribution >= 0.6 is 0 Å². The molecule has 2 aromatic rings. The first-order valence-corrected chi connectivity index (χ1v) is 10.4. The molecule has 0 aliphatic carbocycles. The van der Waals surface area contributed by atoms with Crippen LogP contribution in [0.4, 0.5) is 5.69 Å². The normalized spacial score (nSPS) is 11.9. The monoisotopic (exact) mass is 386 g/mol. The summed E-state index contributed by atoms with van der Waals surface area (Å²) in [6, 6.07) is 12.3. The zero-order valence-corrected chi connectivity index (χ0v) is 17.0. The number of carbonyl (C=O) groups is 1. The zero-order valence-electron chi connectivity index (χ0n) is 16.2. The minimum absolute atomic E-state index is 0.234. The number of hydrogen-bond donors (Lipinski definition) is 1. The highest BCUT2D eigenvalue weighted by Crippen LogP contribution is 2.18. The molecule has 27 heavy (non-hydrogen) atoms. The summed E-state index contributed by atoms with van der Waals surface area (Å²) in [6.45, 7) is 8.43. The van der Waals surface area contributed by atoms with Gasteiger partial charge in [0.1, 0.15) is 0 Å². The second kappa shape index (κ2) is 8.97. The number of amides is 1. The summed E-state index contributed by atoms with van der Waals surface area (Å²) in [7, 11) is -3.47. The van der Waals surface area contributed by atoms with Gasteiger partial charge in [0.2, 0.25) is 15.9 Å². The van der Waals surface area contributed by atoms with Crippen molar-refractivity contribution in [3.8, 4) is 0 Å². The van der Waals surface area contributed by atoms with Gasteiger partial charge in [-0.2, -0.15) is 4.31 Å². The number of aryl methyl sites for hydroxylation is 2. The summed E-state index contributed by atoms with van der Waals surface area (Å²) < 4.78 is 26.4. The molecule has 0 bridgehead atoms. The lowest BCUT2D eigenvalue weighted by molar-refractivity contribution is -0.111. The third-order valence-electron chi connectivity index (χ3n) is 4.29. The fourth-order valence-corrected chi connectivity index (χ4v) is 4.22. The molecule has 0 saturated carbocycles. The molecule has 2 aromatic carbocycles. The van der Waals surface area contributed by atoms with Crippen LogP contribution in [0, 0.1) is 13.8 Å². The molecular weight excluding hydrogens is 360 g/mol. The quantitative estimate of drug-likeness (QED) is 0.732. The molecule has 0 radical (unpaired) electrons. The van der Waals surface area contributed by atoms with Gasteiger partial charge in [-0.05, 0) is 49.2 Å². The van der Waals surface area contributed by atoms with Gasteiger partial charge in [0.25, 0.3) is 0 Å². The van der Waals surface area contributed by atoms with Gasteiger partial charge in [-0.25, -0.2) is 8.42 Å². The van der Waals surface area contributed by atoms with Crippen LogP contribution in [0.5, 0.6) is 0 Å². The Morgan fingerprint density at radius 2 is 1.67 bits per heavy atom. The van der Waals surface area contributed by atoms with Crippen molar-refractivity contribution in [2.45, 2.75) is 32.6 Å². The van der Waals surface area contributed by atoms with Crippen LogP contribution in [-0.2, 0) is 14.8 Å². The molecule has 1 N–H and O–H groups in total. The Labute approximate surface area is 161 Å². The number of nitrogens with zero attached hydrogens (tertiary/aromatic N) is 1. The number of benzene rings is 2. The van der Waals surface area contributed by atoms with Crippen molar-refractivity contribution < 1.29 is 13.2 Å². The lowest BCUT2D eigenvalue weighted by atomic mass is 10.1. The van der Waals surface area contributed by atoms with E-state index in [-0.39, 0.29) is 10.8 Å². The Morgan fingerprint density at radius 3 is 2.22 bits per heavy atom. The van der Waals surface area contributed by atoms with Crippen molar-refractivity contribution in [1.29, 1.82) is 0 Å². The number of rotatable bonds is 7. The van der Waals surface area contributed by atoms with Gasteiger partial charge in [-0.3, -0.25) is 4.79 Å². The first kappa shape index (κ1) is 20.9. The first-order chi connectivity index (χ1) is 12.8. The fourth-order valence-electron chi connectivity index (χ4n) is 2.76. The maximum Gasteiger partial charge on any atom is 0.248 e. The molecule has 144 valence electrons. The van der Waals surface area contributed by atoms with Crippen LogP contribution < -0.4 is 5.32 Å². The topological polar surface area (TPSA) is 66.5 Å². The molecule has 5 nitrogen and oxygen atoms in total. The van der Waals surface area contributed by atoms with Gasteiger partial charge >= 0.3 is 0 Å². The lowest BCUT2D eigenvalue weighted by Crippen LogP contribution is -2.30. The van der Waals surface area contributed by atoms with E-state index in [1.165, 1.54) is 10.4 Å². The minimum atomic E-state index is -3.47. The second-order valence-corrected chi connectivity index (χ2v) is 8.24. The van der Waals surface area contributed by atoms with Gasteiger partial charge in [-0.15, -0.1) is 0 Å². The first-order valence-electron chi connectivity index (χ1n) is 8.94. The van der Waals surface area contributed by atoms with Crippen molar-refractivity contribution >= 4 is 27.7 Å². The summed E-state index contributed by atoms with van der Waals surface area (Å²) >= 11 is 0. The maximum absolute atomic E-state index is 12.5. The van der Waals surface area contributed by atoms with Crippen molar-refractivity contribution in [2.24, 2.45) is 0 Å². The number of hydrogen-bond acceptors (Lipinski definition) is 3. The van der Waals surface area contributed by atoms with Gasteiger partial charge in [0.05, 0.1) is 4.90 Å². The molecular formula is C21H26N2O3S. The molecule has 6 heteroatoms. The van der Waals surface area contributed by atoms with E-state index in [0.29, 0.717) is 13.1 Å². The summed E-state index contributed by atoms with van der Waals surface area (Å²) in [4.78, 5) is 12.4. The summed E-state index contributed by atoms with van der Waals surface area (Å²) in [5.41, 5.74) is 3.67. The molecule has 0 unspecified atom stereocenters. The SMILES string of the molecule is CCN(CC)S(=O)(=O)c1ccc(/C=C/C(=O)Nc2ccc(C)cc2C)cc1. The Balaban J connectivity index is 2.08. The Kier molecular flexibility index (Phi) is 6.93. The standard InChI is InChI=1S/C21H26N2O3S/c1-5-23(6-2)27(25,26)19-11-8-18(9-12-19)10-14-21(24)22-20-13-7-16(3)15-17(20)4/h7-15H,5-6H2,1-4H3,(H,22,24)/b14-10+. The van der Waals surface area contributed by atoms with Gasteiger partial charge < -0.3 is 5.32 Å². The number of nitrogens with one attached hydrogen (secondary N) is 1. The minimum Gasteiger partial charge on any atom is -0.322 e. The Hall–Kier alpha value is -2.44. The van der Waals surface area contributed by atoms with E-state index in [2.05, 4.69) is 5.32 Å². The molecule has 0 fully saturated rings. The summed E-state index contributed by atoms with van der Waals surface area (Å²) in [5.74, 6) is -0.234. The van der Waals surface area contributed by atoms with E-state index < -0.39 is 10.0 Å². The predicted molar refractivity (Wildman–Crippen MR) is 110 cm³/mol. The molecule has 0 spiro atoms. The van der Waals surface area contributed by atoms with Crippen molar-refractivity contribution in [1.82, 2.24) is 4.31 Å². The van der Waals surface area contributed by atoms with E-state index in [9.17, 15) is 13.2 Å². The van der Waals surface area contributed by atoms with E-state index in [0.717, 1.165) is 22.4 Å². The number of anilines is 1. The highest BCUT2D eigenvalue weighted by atomic mass is 32.2. The van der Waals surface area contributed by atoms with Crippen molar-refractivity contribution in [2.75, 3.05) is 18.4 Å². The van der Waals surface area contributed by atoms with Gasteiger partial charge in [-0.1, -0.05) is 43.7 Å². The van der Waals surface area contributed by atoms with Crippen LogP contribution in [0.1, 0.15) is 30.5 Å². The maximum atomic E-state index is 12.5. The molecule has 2 rings (SSSR count). The average Bonchev–Trinajstić information content (AvgIpc) is 2.63.